The van der Waals surface area contributed by atoms with E-state index in [-0.39, 0.29) is 0 Å². The first-order valence-electron chi connectivity index (χ1n) is 6.26. The van der Waals surface area contributed by atoms with Gasteiger partial charge in [-0.3, -0.25) is 0 Å². The molecule has 2 heteroatoms. The number of benzene rings is 2. The standard InChI is InChI=1S/C16H16O2/c1-12-14(8-7-13-5-3-2-4-6-13)9-10-15-16(12)18-11-17-15/h2-6,9-10H,7-8,11H2,1H3. The van der Waals surface area contributed by atoms with Gasteiger partial charge < -0.3 is 9.47 Å². The largest absolute Gasteiger partial charge is 0.454 e. The molecule has 0 saturated heterocycles. The molecule has 0 fully saturated rings. The van der Waals surface area contributed by atoms with E-state index in [0.717, 1.165) is 24.3 Å². The first-order chi connectivity index (χ1) is 8.84. The van der Waals surface area contributed by atoms with Crippen LogP contribution in [0.3, 0.4) is 0 Å². The smallest absolute Gasteiger partial charge is 0.231 e. The first kappa shape index (κ1) is 11.1. The zero-order valence-corrected chi connectivity index (χ0v) is 10.5. The second-order valence-corrected chi connectivity index (χ2v) is 4.57. The average Bonchev–Trinajstić information content (AvgIpc) is 2.88. The Morgan fingerprint density at radius 2 is 1.78 bits per heavy atom. The first-order valence-corrected chi connectivity index (χ1v) is 6.26. The molecule has 0 amide bonds. The van der Waals surface area contributed by atoms with Crippen molar-refractivity contribution in [2.75, 3.05) is 6.79 Å². The maximum atomic E-state index is 5.50. The van der Waals surface area contributed by atoms with Crippen molar-refractivity contribution in [3.05, 3.63) is 59.2 Å². The lowest BCUT2D eigenvalue weighted by Gasteiger charge is -2.08. The van der Waals surface area contributed by atoms with Crippen molar-refractivity contribution in [2.24, 2.45) is 0 Å². The summed E-state index contributed by atoms with van der Waals surface area (Å²) in [6.07, 6.45) is 2.09. The molecule has 0 N–H and O–H groups in total. The van der Waals surface area contributed by atoms with Gasteiger partial charge in [-0.05, 0) is 42.5 Å². The normalized spacial score (nSPS) is 12.7. The van der Waals surface area contributed by atoms with Crippen LogP contribution in [0.5, 0.6) is 11.5 Å². The molecule has 3 rings (SSSR count). The molecule has 0 bridgehead atoms. The highest BCUT2D eigenvalue weighted by atomic mass is 16.7. The predicted octanol–water partition coefficient (Wildman–Crippen LogP) is 3.51. The van der Waals surface area contributed by atoms with Crippen molar-refractivity contribution < 1.29 is 9.47 Å². The molecule has 1 aliphatic rings. The number of ether oxygens (including phenoxy) is 2. The minimum Gasteiger partial charge on any atom is -0.454 e. The third-order valence-corrected chi connectivity index (χ3v) is 3.43. The van der Waals surface area contributed by atoms with Crippen LogP contribution >= 0.6 is 0 Å². The Morgan fingerprint density at radius 1 is 0.944 bits per heavy atom. The maximum Gasteiger partial charge on any atom is 0.231 e. The second kappa shape index (κ2) is 4.73. The molecular weight excluding hydrogens is 224 g/mol. The summed E-state index contributed by atoms with van der Waals surface area (Å²) >= 11 is 0. The molecule has 1 aliphatic heterocycles. The van der Waals surface area contributed by atoms with Gasteiger partial charge in [0.15, 0.2) is 11.5 Å². The van der Waals surface area contributed by atoms with E-state index in [1.807, 2.05) is 6.07 Å². The number of fused-ring (bicyclic) bond motifs is 1. The van der Waals surface area contributed by atoms with Gasteiger partial charge >= 0.3 is 0 Å². The van der Waals surface area contributed by atoms with Gasteiger partial charge in [0.05, 0.1) is 0 Å². The minimum absolute atomic E-state index is 0.346. The van der Waals surface area contributed by atoms with Crippen LogP contribution in [0.25, 0.3) is 0 Å². The average molecular weight is 240 g/mol. The number of aryl methyl sites for hydroxylation is 2. The van der Waals surface area contributed by atoms with Gasteiger partial charge in [-0.1, -0.05) is 36.4 Å². The SMILES string of the molecule is Cc1c(CCc2ccccc2)ccc2c1OCO2. The fourth-order valence-electron chi connectivity index (χ4n) is 2.35. The van der Waals surface area contributed by atoms with Gasteiger partial charge in [0.2, 0.25) is 6.79 Å². The summed E-state index contributed by atoms with van der Waals surface area (Å²) in [5.41, 5.74) is 3.92. The number of hydrogen-bond acceptors (Lipinski definition) is 2. The summed E-state index contributed by atoms with van der Waals surface area (Å²) in [6, 6.07) is 14.7. The van der Waals surface area contributed by atoms with Crippen LogP contribution in [0.15, 0.2) is 42.5 Å². The summed E-state index contributed by atoms with van der Waals surface area (Å²) in [5.74, 6) is 1.79. The van der Waals surface area contributed by atoms with Crippen molar-refractivity contribution in [2.45, 2.75) is 19.8 Å². The molecule has 92 valence electrons. The van der Waals surface area contributed by atoms with Crippen molar-refractivity contribution >= 4 is 0 Å². The Morgan fingerprint density at radius 3 is 2.61 bits per heavy atom. The Kier molecular flexibility index (Phi) is 2.93. The van der Waals surface area contributed by atoms with E-state index in [1.54, 1.807) is 0 Å². The molecule has 0 aromatic heterocycles. The van der Waals surface area contributed by atoms with Crippen molar-refractivity contribution in [1.29, 1.82) is 0 Å². The van der Waals surface area contributed by atoms with E-state index in [0.29, 0.717) is 6.79 Å². The molecule has 1 heterocycles. The Bertz CT molecular complexity index is 547. The molecule has 0 unspecified atom stereocenters. The Labute approximate surface area is 107 Å². The van der Waals surface area contributed by atoms with Crippen LogP contribution in [0, 0.1) is 6.92 Å². The van der Waals surface area contributed by atoms with Crippen LogP contribution in [0.2, 0.25) is 0 Å². The van der Waals surface area contributed by atoms with Crippen molar-refractivity contribution in [3.8, 4) is 11.5 Å². The van der Waals surface area contributed by atoms with E-state index in [9.17, 15) is 0 Å². The molecule has 2 nitrogen and oxygen atoms in total. The molecule has 0 atom stereocenters. The highest BCUT2D eigenvalue weighted by Gasteiger charge is 2.17. The summed E-state index contributed by atoms with van der Waals surface area (Å²) in [5, 5.41) is 0. The lowest BCUT2D eigenvalue weighted by molar-refractivity contribution is 0.173. The highest BCUT2D eigenvalue weighted by Crippen LogP contribution is 2.37. The molecule has 0 spiro atoms. The van der Waals surface area contributed by atoms with Gasteiger partial charge in [-0.15, -0.1) is 0 Å². The fourth-order valence-corrected chi connectivity index (χ4v) is 2.35. The van der Waals surface area contributed by atoms with Gasteiger partial charge in [-0.2, -0.15) is 0 Å². The van der Waals surface area contributed by atoms with Crippen LogP contribution in [-0.2, 0) is 12.8 Å². The van der Waals surface area contributed by atoms with E-state index in [4.69, 9.17) is 9.47 Å². The van der Waals surface area contributed by atoms with E-state index >= 15 is 0 Å². The molecular formula is C16H16O2. The van der Waals surface area contributed by atoms with E-state index in [2.05, 4.69) is 43.3 Å². The van der Waals surface area contributed by atoms with Crippen LogP contribution in [0.4, 0.5) is 0 Å². The zero-order valence-electron chi connectivity index (χ0n) is 10.5. The van der Waals surface area contributed by atoms with Crippen LogP contribution in [-0.4, -0.2) is 6.79 Å². The van der Waals surface area contributed by atoms with E-state index < -0.39 is 0 Å². The van der Waals surface area contributed by atoms with Crippen molar-refractivity contribution in [1.82, 2.24) is 0 Å². The second-order valence-electron chi connectivity index (χ2n) is 4.57. The summed E-state index contributed by atoms with van der Waals surface area (Å²) in [7, 11) is 0. The van der Waals surface area contributed by atoms with Crippen LogP contribution in [0.1, 0.15) is 16.7 Å². The molecule has 0 saturated carbocycles. The Hall–Kier alpha value is -1.96. The van der Waals surface area contributed by atoms with Gasteiger partial charge in [0.1, 0.15) is 0 Å². The van der Waals surface area contributed by atoms with E-state index in [1.165, 1.54) is 16.7 Å². The molecule has 2 aromatic rings. The number of hydrogen-bond donors (Lipinski definition) is 0. The summed E-state index contributed by atoms with van der Waals surface area (Å²) < 4.78 is 10.9. The van der Waals surface area contributed by atoms with Gasteiger partial charge in [-0.25, -0.2) is 0 Å². The molecule has 0 aliphatic carbocycles. The van der Waals surface area contributed by atoms with Crippen LogP contribution < -0.4 is 9.47 Å². The minimum atomic E-state index is 0.346. The third-order valence-electron chi connectivity index (χ3n) is 3.43. The third kappa shape index (κ3) is 2.06. The molecule has 18 heavy (non-hydrogen) atoms. The van der Waals surface area contributed by atoms with Gasteiger partial charge in [0, 0.05) is 0 Å². The Balaban J connectivity index is 1.78. The highest BCUT2D eigenvalue weighted by molar-refractivity contribution is 5.51. The maximum absolute atomic E-state index is 5.50. The predicted molar refractivity (Wildman–Crippen MR) is 71.2 cm³/mol. The monoisotopic (exact) mass is 240 g/mol. The molecule has 0 radical (unpaired) electrons. The van der Waals surface area contributed by atoms with Crippen molar-refractivity contribution in [3.63, 3.8) is 0 Å². The topological polar surface area (TPSA) is 18.5 Å². The lowest BCUT2D eigenvalue weighted by atomic mass is 9.99. The number of rotatable bonds is 3. The zero-order chi connectivity index (χ0) is 12.4. The molecule has 2 aromatic carbocycles. The van der Waals surface area contributed by atoms with Gasteiger partial charge in [0.25, 0.3) is 0 Å². The summed E-state index contributed by atoms with van der Waals surface area (Å²) in [4.78, 5) is 0. The lowest BCUT2D eigenvalue weighted by Crippen LogP contribution is -1.96. The fraction of sp³-hybridized carbons (Fsp3) is 0.250. The summed E-state index contributed by atoms with van der Waals surface area (Å²) in [6.45, 7) is 2.45. The quantitative estimate of drug-likeness (QED) is 0.817.